The molecule has 3 unspecified atom stereocenters. The summed E-state index contributed by atoms with van der Waals surface area (Å²) >= 11 is 0. The SMILES string of the molecule is CC(C)(C)OC(=O)C(C1CCCCC1)C(N)C(O)C(=O)O. The summed E-state index contributed by atoms with van der Waals surface area (Å²) in [4.78, 5) is 23.4. The second kappa shape index (κ2) is 7.22. The molecule has 0 heterocycles. The molecule has 1 aliphatic carbocycles. The van der Waals surface area contributed by atoms with Crippen LogP contribution in [-0.2, 0) is 14.3 Å². The Hall–Kier alpha value is -1.14. The Kier molecular flexibility index (Phi) is 6.16. The van der Waals surface area contributed by atoms with E-state index in [0.29, 0.717) is 0 Å². The molecule has 0 aliphatic heterocycles. The Bertz CT molecular complexity index is 371. The molecule has 6 nitrogen and oxygen atoms in total. The number of carbonyl (C=O) groups is 2. The number of carboxylic acids is 1. The van der Waals surface area contributed by atoms with E-state index in [9.17, 15) is 14.7 Å². The van der Waals surface area contributed by atoms with E-state index in [4.69, 9.17) is 15.6 Å². The molecular formula is C15H27NO5. The lowest BCUT2D eigenvalue weighted by atomic mass is 9.75. The molecule has 1 rings (SSSR count). The van der Waals surface area contributed by atoms with Crippen LogP contribution in [-0.4, -0.2) is 39.9 Å². The van der Waals surface area contributed by atoms with Crippen LogP contribution < -0.4 is 5.73 Å². The fraction of sp³-hybridized carbons (Fsp3) is 0.867. The van der Waals surface area contributed by atoms with Gasteiger partial charge in [-0.1, -0.05) is 19.3 Å². The summed E-state index contributed by atoms with van der Waals surface area (Å²) < 4.78 is 5.38. The summed E-state index contributed by atoms with van der Waals surface area (Å²) in [5.74, 6) is -2.73. The molecule has 1 saturated carbocycles. The highest BCUT2D eigenvalue weighted by atomic mass is 16.6. The van der Waals surface area contributed by atoms with Gasteiger partial charge < -0.3 is 20.7 Å². The lowest BCUT2D eigenvalue weighted by Gasteiger charge is -2.35. The van der Waals surface area contributed by atoms with Gasteiger partial charge >= 0.3 is 11.9 Å². The van der Waals surface area contributed by atoms with E-state index in [2.05, 4.69) is 0 Å². The van der Waals surface area contributed by atoms with Crippen LogP contribution in [0.15, 0.2) is 0 Å². The molecule has 0 bridgehead atoms. The van der Waals surface area contributed by atoms with Gasteiger partial charge in [0.2, 0.25) is 0 Å². The molecule has 1 aliphatic rings. The molecule has 0 saturated heterocycles. The van der Waals surface area contributed by atoms with Crippen molar-refractivity contribution < 1.29 is 24.5 Å². The Labute approximate surface area is 125 Å². The molecule has 21 heavy (non-hydrogen) atoms. The van der Waals surface area contributed by atoms with Gasteiger partial charge in [-0.2, -0.15) is 0 Å². The van der Waals surface area contributed by atoms with E-state index >= 15 is 0 Å². The fourth-order valence-electron chi connectivity index (χ4n) is 2.89. The minimum Gasteiger partial charge on any atom is -0.479 e. The van der Waals surface area contributed by atoms with Gasteiger partial charge in [-0.3, -0.25) is 4.79 Å². The standard InChI is InChI=1S/C15H27NO5/c1-15(2,3)21-14(20)10(9-7-5-4-6-8-9)11(16)12(17)13(18)19/h9-12,17H,4-8,16H2,1-3H3,(H,18,19). The summed E-state index contributed by atoms with van der Waals surface area (Å²) in [5.41, 5.74) is 5.21. The van der Waals surface area contributed by atoms with E-state index in [1.54, 1.807) is 20.8 Å². The van der Waals surface area contributed by atoms with Crippen molar-refractivity contribution >= 4 is 11.9 Å². The molecule has 0 spiro atoms. The molecule has 6 heteroatoms. The largest absolute Gasteiger partial charge is 0.479 e. The number of esters is 1. The van der Waals surface area contributed by atoms with Crippen molar-refractivity contribution in [2.75, 3.05) is 0 Å². The van der Waals surface area contributed by atoms with Gasteiger partial charge in [0, 0.05) is 0 Å². The average molecular weight is 301 g/mol. The first-order chi connectivity index (χ1) is 9.63. The summed E-state index contributed by atoms with van der Waals surface area (Å²) in [6.45, 7) is 5.26. The first kappa shape index (κ1) is 17.9. The molecule has 0 amide bonds. The van der Waals surface area contributed by atoms with E-state index < -0.39 is 35.6 Å². The zero-order valence-electron chi connectivity index (χ0n) is 13.0. The topological polar surface area (TPSA) is 110 Å². The predicted octanol–water partition coefficient (Wildman–Crippen LogP) is 1.30. The highest BCUT2D eigenvalue weighted by molar-refractivity contribution is 5.78. The van der Waals surface area contributed by atoms with Crippen LogP contribution >= 0.6 is 0 Å². The van der Waals surface area contributed by atoms with E-state index in [0.717, 1.165) is 32.1 Å². The Morgan fingerprint density at radius 2 is 1.71 bits per heavy atom. The normalized spacial score (nSPS) is 21.4. The van der Waals surface area contributed by atoms with Crippen LogP contribution in [0, 0.1) is 11.8 Å². The molecule has 0 aromatic rings. The lowest BCUT2D eigenvalue weighted by molar-refractivity contribution is -0.166. The third-order valence-electron chi connectivity index (χ3n) is 3.87. The van der Waals surface area contributed by atoms with E-state index in [1.165, 1.54) is 0 Å². The van der Waals surface area contributed by atoms with Gasteiger partial charge in [-0.25, -0.2) is 4.79 Å². The second-order valence-electron chi connectivity index (χ2n) is 6.82. The molecule has 0 aromatic heterocycles. The number of aliphatic carboxylic acids is 1. The van der Waals surface area contributed by atoms with Crippen molar-refractivity contribution in [3.05, 3.63) is 0 Å². The highest BCUT2D eigenvalue weighted by Crippen LogP contribution is 2.33. The Balaban J connectivity index is 2.92. The van der Waals surface area contributed by atoms with Crippen LogP contribution in [0.4, 0.5) is 0 Å². The maximum Gasteiger partial charge on any atom is 0.334 e. The smallest absolute Gasteiger partial charge is 0.334 e. The monoisotopic (exact) mass is 301 g/mol. The van der Waals surface area contributed by atoms with Crippen molar-refractivity contribution in [2.45, 2.75) is 70.6 Å². The molecular weight excluding hydrogens is 274 g/mol. The second-order valence-corrected chi connectivity index (χ2v) is 6.82. The Morgan fingerprint density at radius 3 is 2.14 bits per heavy atom. The Morgan fingerprint density at radius 1 is 1.19 bits per heavy atom. The van der Waals surface area contributed by atoms with E-state index in [1.807, 2.05) is 0 Å². The van der Waals surface area contributed by atoms with Crippen LogP contribution in [0.5, 0.6) is 0 Å². The van der Waals surface area contributed by atoms with E-state index in [-0.39, 0.29) is 5.92 Å². The number of carbonyl (C=O) groups excluding carboxylic acids is 1. The average Bonchev–Trinajstić information content (AvgIpc) is 2.36. The fourth-order valence-corrected chi connectivity index (χ4v) is 2.89. The van der Waals surface area contributed by atoms with Gasteiger partial charge in [-0.05, 0) is 39.5 Å². The number of ether oxygens (including phenoxy) is 1. The highest BCUT2D eigenvalue weighted by Gasteiger charge is 2.41. The first-order valence-electron chi connectivity index (χ1n) is 7.53. The number of carboxylic acid groups (broad SMARTS) is 1. The quantitative estimate of drug-likeness (QED) is 0.660. The van der Waals surface area contributed by atoms with Crippen molar-refractivity contribution in [1.82, 2.24) is 0 Å². The van der Waals surface area contributed by atoms with Crippen LogP contribution in [0.25, 0.3) is 0 Å². The first-order valence-corrected chi connectivity index (χ1v) is 7.53. The lowest BCUT2D eigenvalue weighted by Crippen LogP contribution is -2.52. The van der Waals surface area contributed by atoms with Crippen molar-refractivity contribution in [2.24, 2.45) is 17.6 Å². The van der Waals surface area contributed by atoms with Gasteiger partial charge in [0.05, 0.1) is 12.0 Å². The number of hydrogen-bond acceptors (Lipinski definition) is 5. The summed E-state index contributed by atoms with van der Waals surface area (Å²) in [5, 5.41) is 18.6. The molecule has 4 N–H and O–H groups in total. The summed E-state index contributed by atoms with van der Waals surface area (Å²) in [6, 6.07) is -1.15. The van der Waals surface area contributed by atoms with Crippen LogP contribution in [0.2, 0.25) is 0 Å². The van der Waals surface area contributed by atoms with Crippen LogP contribution in [0.3, 0.4) is 0 Å². The molecule has 0 aromatic carbocycles. The van der Waals surface area contributed by atoms with Gasteiger partial charge in [0.25, 0.3) is 0 Å². The van der Waals surface area contributed by atoms with Gasteiger partial charge in [0.1, 0.15) is 5.60 Å². The molecule has 1 fully saturated rings. The maximum atomic E-state index is 12.4. The van der Waals surface area contributed by atoms with Crippen LogP contribution in [0.1, 0.15) is 52.9 Å². The zero-order valence-corrected chi connectivity index (χ0v) is 13.0. The number of aliphatic hydroxyl groups is 1. The third-order valence-corrected chi connectivity index (χ3v) is 3.87. The minimum atomic E-state index is -1.76. The maximum absolute atomic E-state index is 12.4. The van der Waals surface area contributed by atoms with Gasteiger partial charge in [-0.15, -0.1) is 0 Å². The number of aliphatic hydroxyl groups excluding tert-OH is 1. The molecule has 122 valence electrons. The predicted molar refractivity (Wildman–Crippen MR) is 77.5 cm³/mol. The van der Waals surface area contributed by atoms with Gasteiger partial charge in [0.15, 0.2) is 6.10 Å². The number of hydrogen-bond donors (Lipinski definition) is 3. The number of rotatable bonds is 5. The molecule has 3 atom stereocenters. The zero-order chi connectivity index (χ0) is 16.2. The third kappa shape index (κ3) is 5.28. The minimum absolute atomic E-state index is 0.0300. The van der Waals surface area contributed by atoms with Crippen molar-refractivity contribution in [3.63, 3.8) is 0 Å². The van der Waals surface area contributed by atoms with Crippen molar-refractivity contribution in [3.8, 4) is 0 Å². The summed E-state index contributed by atoms with van der Waals surface area (Å²) in [6.07, 6.45) is 2.94. The molecule has 0 radical (unpaired) electrons. The number of nitrogens with two attached hydrogens (primary N) is 1. The van der Waals surface area contributed by atoms with Crippen molar-refractivity contribution in [1.29, 1.82) is 0 Å². The summed E-state index contributed by atoms with van der Waals surface area (Å²) in [7, 11) is 0.